The summed E-state index contributed by atoms with van der Waals surface area (Å²) in [5.74, 6) is -0.593. The Morgan fingerprint density at radius 3 is 2.89 bits per heavy atom. The molecule has 1 aromatic rings. The first-order valence-corrected chi connectivity index (χ1v) is 8.08. The van der Waals surface area contributed by atoms with Gasteiger partial charge < -0.3 is 14.0 Å². The van der Waals surface area contributed by atoms with E-state index in [1.54, 1.807) is 7.05 Å². The lowest BCUT2D eigenvalue weighted by Gasteiger charge is -2.10. The monoisotopic (exact) mass is 307 g/mol. The van der Waals surface area contributed by atoms with Gasteiger partial charge in [-0.1, -0.05) is 0 Å². The summed E-state index contributed by atoms with van der Waals surface area (Å²) in [4.78, 5) is 11.7. The summed E-state index contributed by atoms with van der Waals surface area (Å²) in [6.07, 6.45) is 3.02. The number of halogens is 1. The van der Waals surface area contributed by atoms with E-state index in [1.807, 2.05) is 0 Å². The Morgan fingerprint density at radius 1 is 1.63 bits per heavy atom. The number of aryl methyl sites for hydroxylation is 1. The first kappa shape index (κ1) is 14.4. The normalized spacial score (nSPS) is 19.6. The van der Waals surface area contributed by atoms with Gasteiger partial charge in [-0.15, -0.1) is 0 Å². The smallest absolute Gasteiger partial charge is 0.355 e. The number of hydrogen-bond acceptors (Lipinski definition) is 5. The lowest BCUT2D eigenvalue weighted by molar-refractivity contribution is 0.0153. The van der Waals surface area contributed by atoms with Gasteiger partial charge in [-0.25, -0.2) is 13.2 Å². The summed E-state index contributed by atoms with van der Waals surface area (Å²) >= 11 is 0. The van der Waals surface area contributed by atoms with Crippen molar-refractivity contribution in [2.24, 2.45) is 7.05 Å². The van der Waals surface area contributed by atoms with E-state index >= 15 is 0 Å². The van der Waals surface area contributed by atoms with Crippen LogP contribution in [0.4, 0.5) is 0 Å². The lowest BCUT2D eigenvalue weighted by atomic mass is 10.2. The van der Waals surface area contributed by atoms with Gasteiger partial charge in [-0.05, 0) is 18.9 Å². The van der Waals surface area contributed by atoms with E-state index in [1.165, 1.54) is 16.8 Å². The highest BCUT2D eigenvalue weighted by molar-refractivity contribution is 8.13. The van der Waals surface area contributed by atoms with Crippen LogP contribution in [0.25, 0.3) is 0 Å². The number of hydrogen-bond donors (Lipinski definition) is 0. The van der Waals surface area contributed by atoms with E-state index in [-0.39, 0.29) is 23.3 Å². The number of carbonyl (C=O) groups excluding carboxylic acids is 1. The molecule has 0 aromatic carbocycles. The summed E-state index contributed by atoms with van der Waals surface area (Å²) in [5.41, 5.74) is 0.136. The molecule has 2 rings (SSSR count). The van der Waals surface area contributed by atoms with Gasteiger partial charge >= 0.3 is 5.97 Å². The molecule has 19 heavy (non-hydrogen) atoms. The molecule has 2 heterocycles. The molecule has 1 aromatic heterocycles. The zero-order chi connectivity index (χ0) is 14.0. The molecule has 1 saturated heterocycles. The zero-order valence-electron chi connectivity index (χ0n) is 10.3. The van der Waals surface area contributed by atoms with Crippen molar-refractivity contribution >= 4 is 25.7 Å². The minimum Gasteiger partial charge on any atom is -0.458 e. The third-order valence-corrected chi connectivity index (χ3v) is 4.22. The van der Waals surface area contributed by atoms with E-state index in [9.17, 15) is 13.2 Å². The molecule has 0 bridgehead atoms. The molecule has 0 saturated carbocycles. The van der Waals surface area contributed by atoms with E-state index in [2.05, 4.69) is 0 Å². The van der Waals surface area contributed by atoms with Crippen LogP contribution in [-0.2, 0) is 25.6 Å². The standard InChI is InChI=1S/C11H14ClNO5S/c1-13-6-9(19(12,15)16)5-10(13)11(14)18-7-8-3-2-4-17-8/h5-6,8H,2-4,7H2,1H3. The molecule has 8 heteroatoms. The van der Waals surface area contributed by atoms with Crippen LogP contribution in [0, 0.1) is 0 Å². The molecular formula is C11H14ClNO5S. The molecule has 1 aliphatic rings. The number of ether oxygens (including phenoxy) is 2. The third-order valence-electron chi connectivity index (χ3n) is 2.89. The summed E-state index contributed by atoms with van der Waals surface area (Å²) < 4.78 is 34.1. The number of carbonyl (C=O) groups is 1. The van der Waals surface area contributed by atoms with Crippen molar-refractivity contribution in [3.63, 3.8) is 0 Å². The van der Waals surface area contributed by atoms with Crippen LogP contribution in [0.15, 0.2) is 17.2 Å². The van der Waals surface area contributed by atoms with Crippen LogP contribution in [0.2, 0.25) is 0 Å². The van der Waals surface area contributed by atoms with Crippen molar-refractivity contribution in [1.29, 1.82) is 0 Å². The van der Waals surface area contributed by atoms with Crippen LogP contribution >= 0.6 is 10.7 Å². The highest BCUT2D eigenvalue weighted by atomic mass is 35.7. The second-order valence-corrected chi connectivity index (χ2v) is 6.91. The predicted molar refractivity (Wildman–Crippen MR) is 67.7 cm³/mol. The van der Waals surface area contributed by atoms with Crippen molar-refractivity contribution in [1.82, 2.24) is 4.57 Å². The second kappa shape index (κ2) is 5.52. The summed E-state index contributed by atoms with van der Waals surface area (Å²) in [7, 11) is 2.92. The first-order chi connectivity index (χ1) is 8.88. The second-order valence-electron chi connectivity index (χ2n) is 4.34. The minimum atomic E-state index is -3.85. The van der Waals surface area contributed by atoms with Crippen molar-refractivity contribution in [3.8, 4) is 0 Å². The Hall–Kier alpha value is -1.05. The largest absolute Gasteiger partial charge is 0.458 e. The summed E-state index contributed by atoms with van der Waals surface area (Å²) in [6, 6.07) is 1.19. The average Bonchev–Trinajstić information content (AvgIpc) is 2.93. The molecule has 106 valence electrons. The van der Waals surface area contributed by atoms with Crippen LogP contribution in [0.5, 0.6) is 0 Å². The Balaban J connectivity index is 2.04. The van der Waals surface area contributed by atoms with Gasteiger partial charge in [0.25, 0.3) is 9.05 Å². The van der Waals surface area contributed by atoms with E-state index in [0.717, 1.165) is 12.8 Å². The zero-order valence-corrected chi connectivity index (χ0v) is 11.9. The van der Waals surface area contributed by atoms with E-state index in [0.29, 0.717) is 6.61 Å². The maximum absolute atomic E-state index is 11.8. The predicted octanol–water partition coefficient (Wildman–Crippen LogP) is 1.29. The molecule has 0 N–H and O–H groups in total. The van der Waals surface area contributed by atoms with Crippen LogP contribution in [0.1, 0.15) is 23.3 Å². The van der Waals surface area contributed by atoms with Crippen LogP contribution in [0.3, 0.4) is 0 Å². The van der Waals surface area contributed by atoms with Crippen molar-refractivity contribution in [2.45, 2.75) is 23.8 Å². The minimum absolute atomic E-state index is 0.0690. The maximum Gasteiger partial charge on any atom is 0.355 e. The van der Waals surface area contributed by atoms with E-state index in [4.69, 9.17) is 20.2 Å². The first-order valence-electron chi connectivity index (χ1n) is 5.77. The SMILES string of the molecule is Cn1cc(S(=O)(=O)Cl)cc1C(=O)OCC1CCCO1. The van der Waals surface area contributed by atoms with Gasteiger partial charge in [-0.2, -0.15) is 0 Å². The molecule has 0 amide bonds. The number of aromatic nitrogens is 1. The number of nitrogens with zero attached hydrogens (tertiary/aromatic N) is 1. The Labute approximate surface area is 115 Å². The molecule has 1 atom stereocenters. The molecule has 1 unspecified atom stereocenters. The fraction of sp³-hybridized carbons (Fsp3) is 0.545. The van der Waals surface area contributed by atoms with Crippen LogP contribution in [-0.4, -0.2) is 38.3 Å². The molecule has 0 aliphatic carbocycles. The molecular weight excluding hydrogens is 294 g/mol. The third kappa shape index (κ3) is 3.49. The van der Waals surface area contributed by atoms with Crippen molar-refractivity contribution in [3.05, 3.63) is 18.0 Å². The van der Waals surface area contributed by atoms with Gasteiger partial charge in [0.2, 0.25) is 0 Å². The topological polar surface area (TPSA) is 74.6 Å². The lowest BCUT2D eigenvalue weighted by Crippen LogP contribution is -2.19. The maximum atomic E-state index is 11.8. The molecule has 1 aliphatic heterocycles. The molecule has 1 fully saturated rings. The van der Waals surface area contributed by atoms with Crippen LogP contribution < -0.4 is 0 Å². The number of esters is 1. The number of rotatable bonds is 4. The highest BCUT2D eigenvalue weighted by Crippen LogP contribution is 2.19. The quantitative estimate of drug-likeness (QED) is 0.619. The molecule has 6 nitrogen and oxygen atoms in total. The van der Waals surface area contributed by atoms with Crippen molar-refractivity contribution in [2.75, 3.05) is 13.2 Å². The van der Waals surface area contributed by atoms with Gasteiger partial charge in [0.15, 0.2) is 0 Å². The fourth-order valence-electron chi connectivity index (χ4n) is 1.89. The molecule has 0 spiro atoms. The van der Waals surface area contributed by atoms with Gasteiger partial charge in [0.1, 0.15) is 17.2 Å². The summed E-state index contributed by atoms with van der Waals surface area (Å²) in [5, 5.41) is 0. The van der Waals surface area contributed by atoms with Crippen molar-refractivity contribution < 1.29 is 22.7 Å². The summed E-state index contributed by atoms with van der Waals surface area (Å²) in [6.45, 7) is 0.855. The fourth-order valence-corrected chi connectivity index (χ4v) is 2.68. The average molecular weight is 308 g/mol. The Morgan fingerprint density at radius 2 is 2.37 bits per heavy atom. The van der Waals surface area contributed by atoms with E-state index < -0.39 is 15.0 Å². The van der Waals surface area contributed by atoms with Gasteiger partial charge in [0.05, 0.1) is 6.10 Å². The van der Waals surface area contributed by atoms with Gasteiger partial charge in [0, 0.05) is 30.5 Å². The highest BCUT2D eigenvalue weighted by Gasteiger charge is 2.22. The molecule has 0 radical (unpaired) electrons. The Kier molecular flexibility index (Phi) is 4.17. The Bertz CT molecular complexity index is 574. The van der Waals surface area contributed by atoms with Gasteiger partial charge in [-0.3, -0.25) is 0 Å².